The molecule has 0 aliphatic carbocycles. The van der Waals surface area contributed by atoms with Gasteiger partial charge in [-0.2, -0.15) is 0 Å². The van der Waals surface area contributed by atoms with Gasteiger partial charge in [-0.3, -0.25) is 37.3 Å². The van der Waals surface area contributed by atoms with Gasteiger partial charge in [-0.25, -0.2) is 9.13 Å². The summed E-state index contributed by atoms with van der Waals surface area (Å²) < 4.78 is 67.5. The lowest BCUT2D eigenvalue weighted by Crippen LogP contribution is -2.30. The quantitative estimate of drug-likeness (QED) is 0.0222. The fourth-order valence-electron chi connectivity index (χ4n) is 8.22. The van der Waals surface area contributed by atoms with Gasteiger partial charge in [0.05, 0.1) is 26.4 Å². The number of aliphatic hydroxyl groups excluding tert-OH is 1. The first-order valence-electron chi connectivity index (χ1n) is 29.8. The Kier molecular flexibility index (Phi) is 50.2. The van der Waals surface area contributed by atoms with E-state index in [1.54, 1.807) is 0 Å². The van der Waals surface area contributed by atoms with Crippen LogP contribution in [-0.2, 0) is 65.4 Å². The number of carbonyl (C=O) groups is 4. The summed E-state index contributed by atoms with van der Waals surface area (Å²) in [5.74, 6) is -2.15. The Morgan fingerprint density at radius 1 is 0.320 bits per heavy atom. The van der Waals surface area contributed by atoms with Gasteiger partial charge in [-0.15, -0.1) is 0 Å². The average Bonchev–Trinajstić information content (AvgIpc) is 3.38. The van der Waals surface area contributed by atoms with Crippen LogP contribution in [0.4, 0.5) is 0 Å². The number of hydrogen-bond donors (Lipinski definition) is 3. The first kappa shape index (κ1) is 73.1. The molecule has 0 saturated carbocycles. The lowest BCUT2D eigenvalue weighted by Gasteiger charge is -2.21. The van der Waals surface area contributed by atoms with Crippen LogP contribution in [0.1, 0.15) is 278 Å². The summed E-state index contributed by atoms with van der Waals surface area (Å²) in [6.45, 7) is 4.75. The predicted molar refractivity (Wildman–Crippen MR) is 294 cm³/mol. The van der Waals surface area contributed by atoms with E-state index in [1.807, 2.05) is 0 Å². The molecule has 19 heteroatoms. The molecule has 0 saturated heterocycles. The zero-order chi connectivity index (χ0) is 55.5. The molecule has 0 aliphatic rings. The van der Waals surface area contributed by atoms with Crippen LogP contribution in [0.2, 0.25) is 0 Å². The smallest absolute Gasteiger partial charge is 0.462 e. The summed E-state index contributed by atoms with van der Waals surface area (Å²) in [7, 11) is -9.86. The second-order valence-corrected chi connectivity index (χ2v) is 23.2. The highest BCUT2D eigenvalue weighted by Crippen LogP contribution is 2.45. The maximum Gasteiger partial charge on any atom is 0.472 e. The van der Waals surface area contributed by atoms with Crippen molar-refractivity contribution >= 4 is 39.5 Å². The van der Waals surface area contributed by atoms with Gasteiger partial charge in [0.15, 0.2) is 12.2 Å². The average molecular weight is 1120 g/mol. The van der Waals surface area contributed by atoms with Crippen LogP contribution in [0.25, 0.3) is 0 Å². The summed E-state index contributed by atoms with van der Waals surface area (Å²) in [6.07, 6.45) is 33.6. The summed E-state index contributed by atoms with van der Waals surface area (Å²) >= 11 is 0. The van der Waals surface area contributed by atoms with Gasteiger partial charge in [0.25, 0.3) is 0 Å². The largest absolute Gasteiger partial charge is 0.472 e. The Balaban J connectivity index is 5.20. The number of aliphatic hydroxyl groups is 1. The van der Waals surface area contributed by atoms with E-state index in [4.69, 9.17) is 37.0 Å². The molecular formula is C56H108O17P2. The summed E-state index contributed by atoms with van der Waals surface area (Å²) in [5.41, 5.74) is 0. The highest BCUT2D eigenvalue weighted by Gasteiger charge is 2.30. The molecular weight excluding hydrogens is 1010 g/mol. The van der Waals surface area contributed by atoms with E-state index in [1.165, 1.54) is 89.9 Å². The molecule has 2 unspecified atom stereocenters. The molecule has 17 nitrogen and oxygen atoms in total. The minimum Gasteiger partial charge on any atom is -0.462 e. The van der Waals surface area contributed by atoms with Crippen LogP contribution in [0.15, 0.2) is 0 Å². The second-order valence-electron chi connectivity index (χ2n) is 20.3. The predicted octanol–water partition coefficient (Wildman–Crippen LogP) is 14.8. The third kappa shape index (κ3) is 51.3. The van der Waals surface area contributed by atoms with Crippen molar-refractivity contribution in [2.45, 2.75) is 296 Å². The van der Waals surface area contributed by atoms with E-state index in [9.17, 15) is 43.2 Å². The molecule has 0 fully saturated rings. The van der Waals surface area contributed by atoms with Gasteiger partial charge in [-0.1, -0.05) is 227 Å². The summed E-state index contributed by atoms with van der Waals surface area (Å²) in [5, 5.41) is 10.5. The zero-order valence-corrected chi connectivity index (χ0v) is 49.3. The molecule has 0 aliphatic heterocycles. The number of phosphoric acid groups is 2. The topological polar surface area (TPSA) is 237 Å². The second kappa shape index (κ2) is 51.5. The van der Waals surface area contributed by atoms with E-state index >= 15 is 0 Å². The van der Waals surface area contributed by atoms with E-state index in [0.717, 1.165) is 109 Å². The van der Waals surface area contributed by atoms with Crippen molar-refractivity contribution in [3.63, 3.8) is 0 Å². The van der Waals surface area contributed by atoms with Gasteiger partial charge in [-0.05, 0) is 25.7 Å². The minimum absolute atomic E-state index is 0.105. The van der Waals surface area contributed by atoms with Crippen molar-refractivity contribution in [1.29, 1.82) is 0 Å². The summed E-state index contributed by atoms with van der Waals surface area (Å²) in [6, 6.07) is 0. The van der Waals surface area contributed by atoms with Crippen LogP contribution in [0, 0.1) is 0 Å². The van der Waals surface area contributed by atoms with Crippen LogP contribution in [-0.4, -0.2) is 96.7 Å². The van der Waals surface area contributed by atoms with Crippen molar-refractivity contribution in [1.82, 2.24) is 0 Å². The fourth-order valence-corrected chi connectivity index (χ4v) is 9.80. The highest BCUT2D eigenvalue weighted by molar-refractivity contribution is 7.47. The molecule has 0 spiro atoms. The van der Waals surface area contributed by atoms with Crippen LogP contribution >= 0.6 is 15.6 Å². The first-order chi connectivity index (χ1) is 36.2. The van der Waals surface area contributed by atoms with Gasteiger partial charge >= 0.3 is 39.5 Å². The van der Waals surface area contributed by atoms with Crippen molar-refractivity contribution in [2.24, 2.45) is 0 Å². The first-order valence-corrected chi connectivity index (χ1v) is 32.8. The third-order valence-electron chi connectivity index (χ3n) is 12.9. The lowest BCUT2D eigenvalue weighted by molar-refractivity contribution is -0.161. The number of hydrogen-bond acceptors (Lipinski definition) is 15. The van der Waals surface area contributed by atoms with Gasteiger partial charge in [0.1, 0.15) is 19.3 Å². The Bertz CT molecular complexity index is 1470. The van der Waals surface area contributed by atoms with Crippen LogP contribution in [0.5, 0.6) is 0 Å². The van der Waals surface area contributed by atoms with Crippen molar-refractivity contribution in [3.05, 3.63) is 0 Å². The molecule has 5 atom stereocenters. The number of phosphoric ester groups is 2. The van der Waals surface area contributed by atoms with Crippen LogP contribution < -0.4 is 0 Å². The maximum absolute atomic E-state index is 12.9. The van der Waals surface area contributed by atoms with E-state index in [0.29, 0.717) is 25.7 Å². The Morgan fingerprint density at radius 2 is 0.533 bits per heavy atom. The third-order valence-corrected chi connectivity index (χ3v) is 14.8. The highest BCUT2D eigenvalue weighted by atomic mass is 31.2. The molecule has 0 heterocycles. The number of rotatable bonds is 57. The number of unbranched alkanes of at least 4 members (excludes halogenated alkanes) is 31. The van der Waals surface area contributed by atoms with Crippen molar-refractivity contribution in [3.8, 4) is 0 Å². The van der Waals surface area contributed by atoms with Crippen LogP contribution in [0.3, 0.4) is 0 Å². The Morgan fingerprint density at radius 3 is 0.787 bits per heavy atom. The SMILES string of the molecule is CCCCCCCCCCCCCC(=O)O[C@H](COC(=O)CCCCCCCCCCC)COP(=O)(O)OC[C@@H](O)COP(=O)(O)OC[C@@H](COC(=O)CCCCCCCCC)OC(=O)CCCCCCCCCC. The molecule has 0 aromatic carbocycles. The monoisotopic (exact) mass is 1110 g/mol. The molecule has 0 amide bonds. The molecule has 0 aromatic rings. The molecule has 75 heavy (non-hydrogen) atoms. The van der Waals surface area contributed by atoms with Gasteiger partial charge in [0.2, 0.25) is 0 Å². The summed E-state index contributed by atoms with van der Waals surface area (Å²) in [4.78, 5) is 71.6. The molecule has 0 aromatic heterocycles. The molecule has 0 radical (unpaired) electrons. The zero-order valence-electron chi connectivity index (χ0n) is 47.5. The number of ether oxygens (including phenoxy) is 4. The van der Waals surface area contributed by atoms with Gasteiger partial charge in [0, 0.05) is 25.7 Å². The lowest BCUT2D eigenvalue weighted by atomic mass is 10.1. The number of carbonyl (C=O) groups excluding carboxylic acids is 4. The van der Waals surface area contributed by atoms with Gasteiger partial charge < -0.3 is 33.8 Å². The van der Waals surface area contributed by atoms with Crippen molar-refractivity contribution < 1.29 is 80.2 Å². The maximum atomic E-state index is 12.9. The molecule has 0 bridgehead atoms. The molecule has 444 valence electrons. The van der Waals surface area contributed by atoms with E-state index < -0.39 is 97.5 Å². The minimum atomic E-state index is -4.93. The fraction of sp³-hybridized carbons (Fsp3) is 0.929. The Labute approximate surface area is 454 Å². The van der Waals surface area contributed by atoms with Crippen molar-refractivity contribution in [2.75, 3.05) is 39.6 Å². The molecule has 0 rings (SSSR count). The normalized spacial score (nSPS) is 14.4. The van der Waals surface area contributed by atoms with E-state index in [-0.39, 0.29) is 25.7 Å². The Hall–Kier alpha value is -1.94. The standard InChI is InChI=1S/C56H108O17P2/c1-5-9-13-17-21-24-25-27-31-35-39-43-56(61)73-52(47-67-54(59)41-37-33-30-26-22-18-14-10-6-2)49-71-75(64,65)69-45-50(57)44-68-74(62,63)70-48-51(46-66-53(58)40-36-32-28-20-16-12-8-4)72-55(60)42-38-34-29-23-19-15-11-7-3/h50-52,57H,5-49H2,1-4H3,(H,62,63)(H,64,65)/t50-,51+,52+/m0/s1. The molecule has 3 N–H and O–H groups in total. The van der Waals surface area contributed by atoms with E-state index in [2.05, 4.69) is 27.7 Å². The number of esters is 4.